The lowest BCUT2D eigenvalue weighted by Gasteiger charge is -2.25. The van der Waals surface area contributed by atoms with Crippen molar-refractivity contribution >= 4 is 28.8 Å². The molecule has 178 valence electrons. The van der Waals surface area contributed by atoms with Crippen LogP contribution in [0.2, 0.25) is 0 Å². The molecule has 1 N–H and O–H groups in total. The second-order valence-electron chi connectivity index (χ2n) is 8.43. The molecule has 34 heavy (non-hydrogen) atoms. The van der Waals surface area contributed by atoms with Gasteiger partial charge in [-0.05, 0) is 43.3 Å². The summed E-state index contributed by atoms with van der Waals surface area (Å²) < 4.78 is 13.6. The largest absolute Gasteiger partial charge is 0.497 e. The van der Waals surface area contributed by atoms with Gasteiger partial charge in [-0.25, -0.2) is 4.98 Å². The van der Waals surface area contributed by atoms with Crippen molar-refractivity contribution in [1.82, 2.24) is 19.7 Å². The van der Waals surface area contributed by atoms with Crippen LogP contribution in [0.15, 0.2) is 51.4 Å². The number of methoxy groups -OCH3 is 1. The molecule has 1 saturated carbocycles. The van der Waals surface area contributed by atoms with Crippen LogP contribution < -0.4 is 10.1 Å². The Bertz CT molecular complexity index is 1210. The van der Waals surface area contributed by atoms with Gasteiger partial charge in [0.25, 0.3) is 0 Å². The number of nitrogens with zero attached hydrogens (tertiary/aromatic N) is 4. The Morgan fingerprint density at radius 3 is 2.85 bits per heavy atom. The van der Waals surface area contributed by atoms with Gasteiger partial charge in [0.05, 0.1) is 24.2 Å². The summed E-state index contributed by atoms with van der Waals surface area (Å²) in [6.45, 7) is 2.60. The summed E-state index contributed by atoms with van der Waals surface area (Å²) >= 11 is 3.33. The van der Waals surface area contributed by atoms with Crippen molar-refractivity contribution in [3.8, 4) is 16.5 Å². The first-order chi connectivity index (χ1) is 16.7. The Kier molecular flexibility index (Phi) is 7.20. The van der Waals surface area contributed by atoms with Gasteiger partial charge in [-0.3, -0.25) is 0 Å². The lowest BCUT2D eigenvalue weighted by molar-refractivity contribution is 0.330. The summed E-state index contributed by atoms with van der Waals surface area (Å²) in [5.74, 6) is 4.06. The lowest BCUT2D eigenvalue weighted by Crippen LogP contribution is -2.18. The first-order valence-electron chi connectivity index (χ1n) is 11.7. The molecule has 0 aliphatic heterocycles. The van der Waals surface area contributed by atoms with Gasteiger partial charge in [-0.15, -0.1) is 21.5 Å². The highest BCUT2D eigenvalue weighted by Crippen LogP contribution is 2.35. The van der Waals surface area contributed by atoms with Crippen molar-refractivity contribution < 1.29 is 9.15 Å². The number of oxazole rings is 1. The van der Waals surface area contributed by atoms with Crippen molar-refractivity contribution in [3.63, 3.8) is 0 Å². The third-order valence-electron chi connectivity index (χ3n) is 6.16. The third kappa shape index (κ3) is 5.15. The molecule has 7 nitrogen and oxygen atoms in total. The van der Waals surface area contributed by atoms with E-state index < -0.39 is 0 Å². The van der Waals surface area contributed by atoms with Gasteiger partial charge in [-0.1, -0.05) is 43.2 Å². The molecule has 3 aromatic heterocycles. The molecule has 0 radical (unpaired) electrons. The van der Waals surface area contributed by atoms with Gasteiger partial charge in [0, 0.05) is 23.5 Å². The minimum absolute atomic E-state index is 0.438. The number of hydrogen-bond acceptors (Lipinski definition) is 8. The van der Waals surface area contributed by atoms with Gasteiger partial charge in [0.15, 0.2) is 11.0 Å². The molecular weight excluding hydrogens is 466 g/mol. The van der Waals surface area contributed by atoms with Gasteiger partial charge in [0.1, 0.15) is 11.5 Å². The number of thiophene rings is 1. The number of aromatic nitrogens is 4. The molecule has 0 bridgehead atoms. The molecule has 0 spiro atoms. The van der Waals surface area contributed by atoms with Crippen LogP contribution in [0.4, 0.5) is 5.69 Å². The first-order valence-corrected chi connectivity index (χ1v) is 13.5. The van der Waals surface area contributed by atoms with Gasteiger partial charge in [-0.2, -0.15) is 0 Å². The van der Waals surface area contributed by atoms with Crippen molar-refractivity contribution in [2.45, 2.75) is 62.5 Å². The quantitative estimate of drug-likeness (QED) is 0.258. The number of anilines is 1. The average Bonchev–Trinajstić information content (AvgIpc) is 3.62. The van der Waals surface area contributed by atoms with Crippen LogP contribution in [0.25, 0.3) is 10.8 Å². The maximum Gasteiger partial charge on any atom is 0.236 e. The zero-order chi connectivity index (χ0) is 23.3. The van der Waals surface area contributed by atoms with Crippen molar-refractivity contribution in [2.75, 3.05) is 12.4 Å². The van der Waals surface area contributed by atoms with Crippen LogP contribution in [0, 0.1) is 6.92 Å². The molecule has 1 aliphatic rings. The number of rotatable bonds is 9. The van der Waals surface area contributed by atoms with Crippen molar-refractivity contribution in [1.29, 1.82) is 0 Å². The summed E-state index contributed by atoms with van der Waals surface area (Å²) in [5, 5.41) is 15.7. The fourth-order valence-corrected chi connectivity index (χ4v) is 6.02. The molecule has 1 aliphatic carbocycles. The van der Waals surface area contributed by atoms with E-state index in [4.69, 9.17) is 14.1 Å². The van der Waals surface area contributed by atoms with E-state index in [9.17, 15) is 0 Å². The monoisotopic (exact) mass is 495 g/mol. The van der Waals surface area contributed by atoms with E-state index in [1.807, 2.05) is 48.7 Å². The number of thioether (sulfide) groups is 1. The number of benzene rings is 1. The van der Waals surface area contributed by atoms with Gasteiger partial charge < -0.3 is 19.0 Å². The molecule has 1 fully saturated rings. The maximum absolute atomic E-state index is 5.93. The van der Waals surface area contributed by atoms with Gasteiger partial charge >= 0.3 is 0 Å². The van der Waals surface area contributed by atoms with Crippen LogP contribution in [0.3, 0.4) is 0 Å². The highest BCUT2D eigenvalue weighted by molar-refractivity contribution is 7.98. The Morgan fingerprint density at radius 1 is 1.18 bits per heavy atom. The second kappa shape index (κ2) is 10.7. The predicted molar refractivity (Wildman–Crippen MR) is 137 cm³/mol. The molecule has 5 rings (SSSR count). The summed E-state index contributed by atoms with van der Waals surface area (Å²) in [7, 11) is 1.68. The summed E-state index contributed by atoms with van der Waals surface area (Å²) in [6.07, 6.45) is 6.15. The predicted octanol–water partition coefficient (Wildman–Crippen LogP) is 6.72. The van der Waals surface area contributed by atoms with Crippen LogP contribution >= 0.6 is 23.1 Å². The van der Waals surface area contributed by atoms with E-state index in [0.29, 0.717) is 24.2 Å². The zero-order valence-corrected chi connectivity index (χ0v) is 21.1. The summed E-state index contributed by atoms with van der Waals surface area (Å²) in [4.78, 5) is 5.80. The summed E-state index contributed by atoms with van der Waals surface area (Å²) in [6, 6.07) is 12.5. The molecule has 0 atom stereocenters. The van der Waals surface area contributed by atoms with E-state index in [2.05, 4.69) is 20.1 Å². The van der Waals surface area contributed by atoms with Gasteiger partial charge in [0.2, 0.25) is 5.89 Å². The fourth-order valence-electron chi connectivity index (χ4n) is 4.35. The van der Waals surface area contributed by atoms with E-state index >= 15 is 0 Å². The highest BCUT2D eigenvalue weighted by atomic mass is 32.2. The van der Waals surface area contributed by atoms with E-state index in [1.54, 1.807) is 30.2 Å². The topological polar surface area (TPSA) is 78.0 Å². The Balaban J connectivity index is 1.34. The fraction of sp³-hybridized carbons (Fsp3) is 0.400. The number of aryl methyl sites for hydroxylation is 1. The molecule has 0 amide bonds. The molecule has 9 heteroatoms. The molecule has 0 unspecified atom stereocenters. The number of hydrogen-bond donors (Lipinski definition) is 1. The minimum Gasteiger partial charge on any atom is -0.497 e. The highest BCUT2D eigenvalue weighted by Gasteiger charge is 2.24. The normalized spacial score (nSPS) is 14.4. The Morgan fingerprint density at radius 2 is 2.06 bits per heavy atom. The van der Waals surface area contributed by atoms with E-state index in [-0.39, 0.29) is 0 Å². The maximum atomic E-state index is 5.93. The zero-order valence-electron chi connectivity index (χ0n) is 19.5. The van der Waals surface area contributed by atoms with Crippen LogP contribution in [-0.2, 0) is 12.3 Å². The number of nitrogens with one attached hydrogen (secondary N) is 1. The lowest BCUT2D eigenvalue weighted by atomic mass is 9.95. The SMILES string of the molecule is COc1cccc(NCc2nnc(SCc3nc(-c4cccs4)oc3C)n2C2CCCCC2)c1. The molecule has 0 saturated heterocycles. The molecule has 3 heterocycles. The standard InChI is InChI=1S/C25H29N5O2S2/c1-17-21(27-24(32-17)22-12-7-13-33-22)16-34-25-29-28-23(30(25)19-9-4-3-5-10-19)15-26-18-8-6-11-20(14-18)31-2/h6-8,11-14,19,26H,3-5,9-10,15-16H2,1-2H3. The second-order valence-corrected chi connectivity index (χ2v) is 10.3. The third-order valence-corrected chi connectivity index (χ3v) is 7.97. The first kappa shape index (κ1) is 23.0. The van der Waals surface area contributed by atoms with E-state index in [1.165, 1.54) is 32.1 Å². The van der Waals surface area contributed by atoms with E-state index in [0.717, 1.165) is 38.7 Å². The number of ether oxygens (including phenoxy) is 1. The molecule has 1 aromatic carbocycles. The van der Waals surface area contributed by atoms with Crippen molar-refractivity contribution in [2.24, 2.45) is 0 Å². The minimum atomic E-state index is 0.438. The van der Waals surface area contributed by atoms with Crippen LogP contribution in [-0.4, -0.2) is 26.9 Å². The Hall–Kier alpha value is -2.78. The van der Waals surface area contributed by atoms with Crippen LogP contribution in [0.1, 0.15) is 55.4 Å². The molecule has 4 aromatic rings. The molecular formula is C25H29N5O2S2. The summed E-state index contributed by atoms with van der Waals surface area (Å²) in [5.41, 5.74) is 1.97. The van der Waals surface area contributed by atoms with Crippen LogP contribution in [0.5, 0.6) is 5.75 Å². The van der Waals surface area contributed by atoms with Crippen molar-refractivity contribution in [3.05, 3.63) is 59.1 Å². The Labute approximate surface area is 208 Å². The average molecular weight is 496 g/mol. The smallest absolute Gasteiger partial charge is 0.236 e.